The monoisotopic (exact) mass is 754 g/mol. The standard InChI is InChI=1S/C43H54N4O8/c1-30-31(2)40(27-47-26-39(45-46-47)35-19-14-21-37(25-35)51-4)55-42(32(30)3)52-29-38(54-41(49)34-17-10-6-11-18-34)23-22-36(48)20-12-7-13-24-44-43(50)53-28-33-15-8-5-9-16-33/h5-6,8-11,14-19,21,25-26,30-32,38,40,42H,7,12-13,20,22-24,27-29H2,1-4H3,(H,44,50). The number of ether oxygens (including phenoxy) is 5. The molecule has 1 aromatic heterocycles. The average molecular weight is 755 g/mol. The maximum Gasteiger partial charge on any atom is 0.407 e. The third-order valence-electron chi connectivity index (χ3n) is 10.3. The van der Waals surface area contributed by atoms with Crippen LogP contribution in [0.4, 0.5) is 4.79 Å². The Bertz CT molecular complexity index is 1790. The molecule has 2 heterocycles. The molecule has 3 aromatic carbocycles. The van der Waals surface area contributed by atoms with Gasteiger partial charge in [-0.2, -0.15) is 0 Å². The smallest absolute Gasteiger partial charge is 0.407 e. The summed E-state index contributed by atoms with van der Waals surface area (Å²) >= 11 is 0. The third kappa shape index (κ3) is 12.8. The van der Waals surface area contributed by atoms with Crippen molar-refractivity contribution in [3.8, 4) is 17.0 Å². The molecule has 0 radical (unpaired) electrons. The Morgan fingerprint density at radius 2 is 1.64 bits per heavy atom. The van der Waals surface area contributed by atoms with Crippen LogP contribution in [0.3, 0.4) is 0 Å². The van der Waals surface area contributed by atoms with Crippen molar-refractivity contribution < 1.29 is 38.1 Å². The maximum atomic E-state index is 13.1. The fraction of sp³-hybridized carbons (Fsp3) is 0.465. The number of unbranched alkanes of at least 4 members (excludes halogenated alkanes) is 2. The van der Waals surface area contributed by atoms with E-state index in [1.807, 2.05) is 66.9 Å². The lowest BCUT2D eigenvalue weighted by molar-refractivity contribution is -0.257. The van der Waals surface area contributed by atoms with Gasteiger partial charge in [0.1, 0.15) is 29.9 Å². The highest BCUT2D eigenvalue weighted by molar-refractivity contribution is 5.89. The fourth-order valence-electron chi connectivity index (χ4n) is 6.58. The lowest BCUT2D eigenvalue weighted by Gasteiger charge is -2.43. The van der Waals surface area contributed by atoms with E-state index in [4.69, 9.17) is 23.7 Å². The van der Waals surface area contributed by atoms with Crippen LogP contribution < -0.4 is 10.1 Å². The number of aromatic nitrogens is 3. The number of rotatable bonds is 20. The summed E-state index contributed by atoms with van der Waals surface area (Å²) in [4.78, 5) is 38.0. The first-order chi connectivity index (χ1) is 26.7. The highest BCUT2D eigenvalue weighted by atomic mass is 16.7. The van der Waals surface area contributed by atoms with Crippen LogP contribution in [0.25, 0.3) is 11.3 Å². The van der Waals surface area contributed by atoms with Crippen molar-refractivity contribution in [1.29, 1.82) is 0 Å². The molecule has 1 saturated heterocycles. The van der Waals surface area contributed by atoms with Crippen LogP contribution in [-0.2, 0) is 36.9 Å². The van der Waals surface area contributed by atoms with E-state index in [1.165, 1.54) is 0 Å². The van der Waals surface area contributed by atoms with E-state index in [0.717, 1.165) is 35.4 Å². The van der Waals surface area contributed by atoms with Crippen molar-refractivity contribution in [3.63, 3.8) is 0 Å². The van der Waals surface area contributed by atoms with Gasteiger partial charge in [-0.3, -0.25) is 4.79 Å². The number of carbonyl (C=O) groups is 3. The number of benzene rings is 3. The highest BCUT2D eigenvalue weighted by Crippen LogP contribution is 2.36. The molecular weight excluding hydrogens is 700 g/mol. The van der Waals surface area contributed by atoms with Gasteiger partial charge in [0.2, 0.25) is 0 Å². The number of esters is 1. The molecule has 0 bridgehead atoms. The molecule has 12 heteroatoms. The summed E-state index contributed by atoms with van der Waals surface area (Å²) in [6.45, 7) is 7.75. The Balaban J connectivity index is 1.09. The van der Waals surface area contributed by atoms with Gasteiger partial charge < -0.3 is 29.0 Å². The van der Waals surface area contributed by atoms with E-state index in [0.29, 0.717) is 37.9 Å². The molecule has 1 aliphatic rings. The summed E-state index contributed by atoms with van der Waals surface area (Å²) < 4.78 is 31.3. The van der Waals surface area contributed by atoms with Crippen molar-refractivity contribution in [2.45, 2.75) is 90.9 Å². The van der Waals surface area contributed by atoms with Crippen LogP contribution in [0.2, 0.25) is 0 Å². The van der Waals surface area contributed by atoms with Crippen molar-refractivity contribution in [1.82, 2.24) is 20.3 Å². The summed E-state index contributed by atoms with van der Waals surface area (Å²) in [6.07, 6.45) is 3.25. The van der Waals surface area contributed by atoms with Gasteiger partial charge in [0, 0.05) is 30.9 Å². The fourth-order valence-corrected chi connectivity index (χ4v) is 6.58. The Morgan fingerprint density at radius 3 is 2.40 bits per heavy atom. The summed E-state index contributed by atoms with van der Waals surface area (Å²) in [5.41, 5.74) is 3.01. The molecule has 12 nitrogen and oxygen atoms in total. The maximum absolute atomic E-state index is 13.1. The average Bonchev–Trinajstić information content (AvgIpc) is 3.69. The molecule has 294 valence electrons. The molecule has 6 unspecified atom stereocenters. The van der Waals surface area contributed by atoms with E-state index in [1.54, 1.807) is 36.1 Å². The molecule has 55 heavy (non-hydrogen) atoms. The second kappa shape index (κ2) is 21.1. The van der Waals surface area contributed by atoms with Crippen LogP contribution in [0.1, 0.15) is 75.2 Å². The number of methoxy groups -OCH3 is 1. The molecule has 1 fully saturated rings. The van der Waals surface area contributed by atoms with Gasteiger partial charge in [-0.1, -0.05) is 93.1 Å². The van der Waals surface area contributed by atoms with Crippen LogP contribution in [0.5, 0.6) is 5.75 Å². The van der Waals surface area contributed by atoms with E-state index < -0.39 is 24.5 Å². The lowest BCUT2D eigenvalue weighted by atomic mass is 9.79. The predicted octanol–water partition coefficient (Wildman–Crippen LogP) is 7.67. The number of Topliss-reactive ketones (excluding diaryl/α,β-unsaturated/α-hetero) is 1. The van der Waals surface area contributed by atoms with Gasteiger partial charge in [-0.25, -0.2) is 14.3 Å². The second-order valence-corrected chi connectivity index (χ2v) is 14.3. The van der Waals surface area contributed by atoms with Gasteiger partial charge in [0.25, 0.3) is 0 Å². The molecule has 1 aliphatic heterocycles. The van der Waals surface area contributed by atoms with E-state index >= 15 is 0 Å². The third-order valence-corrected chi connectivity index (χ3v) is 10.3. The molecule has 5 rings (SSSR count). The van der Waals surface area contributed by atoms with E-state index in [-0.39, 0.29) is 49.3 Å². The summed E-state index contributed by atoms with van der Waals surface area (Å²) in [7, 11) is 1.63. The van der Waals surface area contributed by atoms with Gasteiger partial charge in [0.15, 0.2) is 6.29 Å². The van der Waals surface area contributed by atoms with Crippen molar-refractivity contribution in [3.05, 3.63) is 102 Å². The summed E-state index contributed by atoms with van der Waals surface area (Å²) in [6, 6.07) is 26.0. The Labute approximate surface area is 323 Å². The van der Waals surface area contributed by atoms with Crippen molar-refractivity contribution >= 4 is 17.8 Å². The van der Waals surface area contributed by atoms with Gasteiger partial charge in [-0.15, -0.1) is 5.10 Å². The van der Waals surface area contributed by atoms with Crippen molar-refractivity contribution in [2.75, 3.05) is 20.3 Å². The number of amides is 1. The number of alkyl carbamates (subject to hydrolysis) is 1. The molecular formula is C43H54N4O8. The van der Waals surface area contributed by atoms with Gasteiger partial charge in [-0.05, 0) is 60.9 Å². The Morgan fingerprint density at radius 1 is 0.873 bits per heavy atom. The number of hydrogen-bond acceptors (Lipinski definition) is 10. The zero-order valence-electron chi connectivity index (χ0n) is 32.3. The number of hydrogen-bond donors (Lipinski definition) is 1. The minimum absolute atomic E-state index is 0.0710. The number of nitrogens with zero attached hydrogens (tertiary/aromatic N) is 3. The SMILES string of the molecule is COc1cccc(-c2cn(CC3OC(OCC(CCC(=O)CCCCCNC(=O)OCc4ccccc4)OC(=O)c4ccccc4)C(C)C(C)C3C)nn2)c1. The van der Waals surface area contributed by atoms with E-state index in [2.05, 4.69) is 36.4 Å². The molecule has 6 atom stereocenters. The number of carbonyl (C=O) groups excluding carboxylic acids is 3. The Kier molecular flexibility index (Phi) is 15.8. The van der Waals surface area contributed by atoms with Gasteiger partial charge >= 0.3 is 12.1 Å². The number of ketones is 1. The second-order valence-electron chi connectivity index (χ2n) is 14.3. The van der Waals surface area contributed by atoms with Crippen molar-refractivity contribution in [2.24, 2.45) is 17.8 Å². The zero-order valence-corrected chi connectivity index (χ0v) is 32.3. The molecule has 0 spiro atoms. The van der Waals surface area contributed by atoms with Crippen LogP contribution in [0, 0.1) is 17.8 Å². The molecule has 1 amide bonds. The van der Waals surface area contributed by atoms with Crippen LogP contribution in [0.15, 0.2) is 91.1 Å². The number of nitrogens with one attached hydrogen (secondary N) is 1. The lowest BCUT2D eigenvalue weighted by Crippen LogP contribution is -2.48. The molecule has 4 aromatic rings. The van der Waals surface area contributed by atoms with Crippen LogP contribution in [-0.4, -0.2) is 71.6 Å². The predicted molar refractivity (Wildman–Crippen MR) is 207 cm³/mol. The first-order valence-electron chi connectivity index (χ1n) is 19.2. The quantitative estimate of drug-likeness (QED) is 0.0706. The minimum Gasteiger partial charge on any atom is -0.497 e. The van der Waals surface area contributed by atoms with E-state index in [9.17, 15) is 14.4 Å². The van der Waals surface area contributed by atoms with Crippen LogP contribution >= 0.6 is 0 Å². The minimum atomic E-state index is -0.646. The molecule has 0 aliphatic carbocycles. The normalized spacial score (nSPS) is 20.0. The molecule has 0 saturated carbocycles. The largest absolute Gasteiger partial charge is 0.497 e. The first-order valence-corrected chi connectivity index (χ1v) is 19.2. The zero-order chi connectivity index (χ0) is 39.0. The topological polar surface area (TPSA) is 140 Å². The Hall–Kier alpha value is -5.07. The first kappa shape index (κ1) is 41.1. The van der Waals surface area contributed by atoms with Gasteiger partial charge in [0.05, 0.1) is 38.1 Å². The summed E-state index contributed by atoms with van der Waals surface area (Å²) in [5.74, 6) is 0.923. The molecule has 1 N–H and O–H groups in total. The highest BCUT2D eigenvalue weighted by Gasteiger charge is 2.40. The summed E-state index contributed by atoms with van der Waals surface area (Å²) in [5, 5.41) is 11.5.